The first-order chi connectivity index (χ1) is 9.59. The van der Waals surface area contributed by atoms with Gasteiger partial charge in [-0.25, -0.2) is 0 Å². The molecule has 6 nitrogen and oxygen atoms in total. The Bertz CT molecular complexity index is 353. The van der Waals surface area contributed by atoms with Crippen LogP contribution in [0.1, 0.15) is 26.7 Å². The van der Waals surface area contributed by atoms with Gasteiger partial charge in [0.2, 0.25) is 11.8 Å². The molecule has 0 aromatic carbocycles. The number of carbonyl (C=O) groups excluding carboxylic acids is 2. The molecular weight excluding hydrogens is 260 g/mol. The van der Waals surface area contributed by atoms with Gasteiger partial charge in [0, 0.05) is 19.6 Å². The van der Waals surface area contributed by atoms with E-state index in [9.17, 15) is 9.59 Å². The first-order valence-corrected chi connectivity index (χ1v) is 7.37. The molecule has 114 valence electrons. The van der Waals surface area contributed by atoms with Crippen LogP contribution in [0.2, 0.25) is 0 Å². The smallest absolute Gasteiger partial charge is 0.249 e. The molecule has 0 aromatic rings. The van der Waals surface area contributed by atoms with Gasteiger partial charge in [0.15, 0.2) is 0 Å². The summed E-state index contributed by atoms with van der Waals surface area (Å²) in [5.41, 5.74) is 0. The minimum absolute atomic E-state index is 0.0231. The van der Waals surface area contributed by atoms with Crippen molar-refractivity contribution in [1.29, 1.82) is 0 Å². The fourth-order valence-corrected chi connectivity index (χ4v) is 2.64. The lowest BCUT2D eigenvalue weighted by atomic mass is 10.2. The molecule has 0 spiro atoms. The first kappa shape index (κ1) is 15.3. The minimum Gasteiger partial charge on any atom is -0.378 e. The average molecular weight is 284 g/mol. The number of morpholine rings is 1. The van der Waals surface area contributed by atoms with Crippen LogP contribution in [0, 0.1) is 0 Å². The molecule has 2 aliphatic heterocycles. The molecule has 2 amide bonds. The summed E-state index contributed by atoms with van der Waals surface area (Å²) in [4.78, 5) is 28.1. The van der Waals surface area contributed by atoms with E-state index in [2.05, 4.69) is 0 Å². The third-order valence-corrected chi connectivity index (χ3v) is 3.72. The SMILES string of the molecule is CC(C)OCC(=O)N1CCCC1C(=O)N1CCOCC1. The van der Waals surface area contributed by atoms with Crippen LogP contribution in [0.15, 0.2) is 0 Å². The van der Waals surface area contributed by atoms with E-state index < -0.39 is 0 Å². The number of rotatable bonds is 4. The van der Waals surface area contributed by atoms with Gasteiger partial charge in [-0.3, -0.25) is 9.59 Å². The zero-order valence-electron chi connectivity index (χ0n) is 12.3. The topological polar surface area (TPSA) is 59.1 Å². The Balaban J connectivity index is 1.92. The van der Waals surface area contributed by atoms with Crippen molar-refractivity contribution in [1.82, 2.24) is 9.80 Å². The molecule has 20 heavy (non-hydrogen) atoms. The predicted octanol–water partition coefficient (Wildman–Crippen LogP) is 0.261. The van der Waals surface area contributed by atoms with Crippen molar-refractivity contribution in [3.05, 3.63) is 0 Å². The molecular formula is C14H24N2O4. The second-order valence-electron chi connectivity index (χ2n) is 5.54. The number of nitrogens with zero attached hydrogens (tertiary/aromatic N) is 2. The van der Waals surface area contributed by atoms with Gasteiger partial charge in [-0.15, -0.1) is 0 Å². The molecule has 0 bridgehead atoms. The summed E-state index contributed by atoms with van der Waals surface area (Å²) in [5.74, 6) is -0.0218. The van der Waals surface area contributed by atoms with Crippen LogP contribution < -0.4 is 0 Å². The maximum atomic E-state index is 12.5. The lowest BCUT2D eigenvalue weighted by molar-refractivity contribution is -0.149. The van der Waals surface area contributed by atoms with Gasteiger partial charge in [-0.05, 0) is 26.7 Å². The van der Waals surface area contributed by atoms with E-state index in [0.29, 0.717) is 32.8 Å². The van der Waals surface area contributed by atoms with Gasteiger partial charge in [-0.1, -0.05) is 0 Å². The van der Waals surface area contributed by atoms with E-state index in [1.807, 2.05) is 18.7 Å². The van der Waals surface area contributed by atoms with E-state index in [1.54, 1.807) is 4.90 Å². The van der Waals surface area contributed by atoms with Gasteiger partial charge in [0.1, 0.15) is 12.6 Å². The van der Waals surface area contributed by atoms with Crippen LogP contribution in [-0.2, 0) is 19.1 Å². The molecule has 0 saturated carbocycles. The quantitative estimate of drug-likeness (QED) is 0.743. The fraction of sp³-hybridized carbons (Fsp3) is 0.857. The highest BCUT2D eigenvalue weighted by atomic mass is 16.5. The van der Waals surface area contributed by atoms with Gasteiger partial charge < -0.3 is 19.3 Å². The van der Waals surface area contributed by atoms with Crippen molar-refractivity contribution < 1.29 is 19.1 Å². The Kier molecular flexibility index (Phi) is 5.37. The predicted molar refractivity (Wildman–Crippen MR) is 73.2 cm³/mol. The summed E-state index contributed by atoms with van der Waals surface area (Å²) >= 11 is 0. The van der Waals surface area contributed by atoms with E-state index >= 15 is 0 Å². The number of ether oxygens (including phenoxy) is 2. The molecule has 1 atom stereocenters. The van der Waals surface area contributed by atoms with Crippen molar-refractivity contribution in [3.8, 4) is 0 Å². The lowest BCUT2D eigenvalue weighted by Crippen LogP contribution is -2.51. The molecule has 0 N–H and O–H groups in total. The lowest BCUT2D eigenvalue weighted by Gasteiger charge is -2.32. The van der Waals surface area contributed by atoms with Crippen molar-refractivity contribution >= 4 is 11.8 Å². The molecule has 2 saturated heterocycles. The zero-order chi connectivity index (χ0) is 14.5. The Morgan fingerprint density at radius 2 is 1.95 bits per heavy atom. The van der Waals surface area contributed by atoms with E-state index in [0.717, 1.165) is 12.8 Å². The summed E-state index contributed by atoms with van der Waals surface area (Å²) in [6, 6.07) is -0.309. The van der Waals surface area contributed by atoms with Gasteiger partial charge >= 0.3 is 0 Å². The standard InChI is InChI=1S/C14H24N2O4/c1-11(2)20-10-13(17)16-5-3-4-12(16)14(18)15-6-8-19-9-7-15/h11-12H,3-10H2,1-2H3. The number of hydrogen-bond donors (Lipinski definition) is 0. The van der Waals surface area contributed by atoms with Crippen molar-refractivity contribution in [2.24, 2.45) is 0 Å². The molecule has 0 radical (unpaired) electrons. The third-order valence-electron chi connectivity index (χ3n) is 3.72. The van der Waals surface area contributed by atoms with Crippen LogP contribution in [-0.4, -0.2) is 73.2 Å². The normalized spacial score (nSPS) is 23.4. The molecule has 2 heterocycles. The van der Waals surface area contributed by atoms with Crippen LogP contribution in [0.25, 0.3) is 0 Å². The third kappa shape index (κ3) is 3.70. The second-order valence-corrected chi connectivity index (χ2v) is 5.54. The molecule has 0 aromatic heterocycles. The number of carbonyl (C=O) groups is 2. The Morgan fingerprint density at radius 3 is 2.60 bits per heavy atom. The van der Waals surface area contributed by atoms with E-state index in [1.165, 1.54) is 0 Å². The van der Waals surface area contributed by atoms with Crippen molar-refractivity contribution in [3.63, 3.8) is 0 Å². The van der Waals surface area contributed by atoms with Gasteiger partial charge in [-0.2, -0.15) is 0 Å². The van der Waals surface area contributed by atoms with E-state index in [-0.39, 0.29) is 30.6 Å². The summed E-state index contributed by atoms with van der Waals surface area (Å²) in [6.45, 7) is 6.93. The second kappa shape index (κ2) is 7.04. The number of likely N-dealkylation sites (tertiary alicyclic amines) is 1. The summed E-state index contributed by atoms with van der Waals surface area (Å²) in [6.07, 6.45) is 1.66. The van der Waals surface area contributed by atoms with Crippen LogP contribution in [0.4, 0.5) is 0 Å². The Labute approximate surface area is 120 Å². The maximum Gasteiger partial charge on any atom is 0.249 e. The molecule has 6 heteroatoms. The molecule has 2 aliphatic rings. The monoisotopic (exact) mass is 284 g/mol. The van der Waals surface area contributed by atoms with Crippen LogP contribution >= 0.6 is 0 Å². The Hall–Kier alpha value is -1.14. The van der Waals surface area contributed by atoms with Crippen LogP contribution in [0.5, 0.6) is 0 Å². The molecule has 1 unspecified atom stereocenters. The minimum atomic E-state index is -0.309. The molecule has 2 rings (SSSR count). The summed E-state index contributed by atoms with van der Waals surface area (Å²) in [5, 5.41) is 0. The molecule has 0 aliphatic carbocycles. The largest absolute Gasteiger partial charge is 0.378 e. The highest BCUT2D eigenvalue weighted by Crippen LogP contribution is 2.20. The van der Waals surface area contributed by atoms with Crippen molar-refractivity contribution in [2.75, 3.05) is 39.5 Å². The van der Waals surface area contributed by atoms with Gasteiger partial charge in [0.25, 0.3) is 0 Å². The van der Waals surface area contributed by atoms with Gasteiger partial charge in [0.05, 0.1) is 19.3 Å². The first-order valence-electron chi connectivity index (χ1n) is 7.37. The average Bonchev–Trinajstić information content (AvgIpc) is 2.94. The fourth-order valence-electron chi connectivity index (χ4n) is 2.64. The van der Waals surface area contributed by atoms with E-state index in [4.69, 9.17) is 9.47 Å². The molecule has 2 fully saturated rings. The summed E-state index contributed by atoms with van der Waals surface area (Å²) in [7, 11) is 0. The summed E-state index contributed by atoms with van der Waals surface area (Å²) < 4.78 is 10.6. The van der Waals surface area contributed by atoms with Crippen molar-refractivity contribution in [2.45, 2.75) is 38.8 Å². The highest BCUT2D eigenvalue weighted by Gasteiger charge is 2.36. The maximum absolute atomic E-state index is 12.5. The Morgan fingerprint density at radius 1 is 1.25 bits per heavy atom. The number of hydrogen-bond acceptors (Lipinski definition) is 4. The highest BCUT2D eigenvalue weighted by molar-refractivity contribution is 5.88. The zero-order valence-corrected chi connectivity index (χ0v) is 12.3. The van der Waals surface area contributed by atoms with Crippen LogP contribution in [0.3, 0.4) is 0 Å². The number of amides is 2.